The van der Waals surface area contributed by atoms with Gasteiger partial charge in [-0.25, -0.2) is 0 Å². The van der Waals surface area contributed by atoms with Crippen molar-refractivity contribution >= 4 is 29.1 Å². The first-order chi connectivity index (χ1) is 10.0. The minimum atomic E-state index is -0.284. The lowest BCUT2D eigenvalue weighted by Gasteiger charge is -2.05. The summed E-state index contributed by atoms with van der Waals surface area (Å²) in [6.07, 6.45) is 0. The van der Waals surface area contributed by atoms with Gasteiger partial charge in [-0.2, -0.15) is 5.26 Å². The van der Waals surface area contributed by atoms with Crippen LogP contribution in [0.5, 0.6) is 0 Å². The maximum absolute atomic E-state index is 12.1. The highest BCUT2D eigenvalue weighted by molar-refractivity contribution is 8.00. The van der Waals surface area contributed by atoms with E-state index in [9.17, 15) is 9.59 Å². The molecule has 0 saturated carbocycles. The lowest BCUT2D eigenvalue weighted by Crippen LogP contribution is -2.10. The highest BCUT2D eigenvalue weighted by Crippen LogP contribution is 2.22. The molecule has 106 valence electrons. The number of carbonyl (C=O) groups excluding carboxylic acids is 1. The maximum atomic E-state index is 12.1. The number of hydrogen-bond donors (Lipinski definition) is 1. The quantitative estimate of drug-likeness (QED) is 0.694. The van der Waals surface area contributed by atoms with Gasteiger partial charge in [0.05, 0.1) is 16.3 Å². The molecule has 0 unspecified atom stereocenters. The number of aromatic amines is 1. The topological polar surface area (TPSA) is 73.7 Å². The fourth-order valence-electron chi connectivity index (χ4n) is 1.76. The second kappa shape index (κ2) is 6.61. The standard InChI is InChI=1S/C15H11ClN2O2S/c1-9-6-14(20)18-15(12(9)7-17)21-8-13(19)10-2-4-11(16)5-3-10/h2-6H,8H2,1H3,(H,18,20). The van der Waals surface area contributed by atoms with Gasteiger partial charge in [-0.3, -0.25) is 9.59 Å². The van der Waals surface area contributed by atoms with Crippen LogP contribution in [0.15, 0.2) is 40.2 Å². The molecule has 0 aliphatic heterocycles. The van der Waals surface area contributed by atoms with Gasteiger partial charge in [0.2, 0.25) is 5.56 Å². The Labute approximate surface area is 130 Å². The van der Waals surface area contributed by atoms with Gasteiger partial charge in [0.25, 0.3) is 0 Å². The molecule has 2 aromatic rings. The van der Waals surface area contributed by atoms with Crippen molar-refractivity contribution in [3.63, 3.8) is 0 Å². The Bertz CT molecular complexity index is 776. The van der Waals surface area contributed by atoms with Gasteiger partial charge in [-0.05, 0) is 36.8 Å². The fourth-order valence-corrected chi connectivity index (χ4v) is 2.85. The number of Topliss-reactive ketones (excluding diaryl/α,β-unsaturated/α-hetero) is 1. The molecule has 0 spiro atoms. The zero-order valence-electron chi connectivity index (χ0n) is 11.1. The van der Waals surface area contributed by atoms with Gasteiger partial charge in [0.1, 0.15) is 6.07 Å². The molecule has 1 N–H and O–H groups in total. The van der Waals surface area contributed by atoms with Gasteiger partial charge >= 0.3 is 0 Å². The van der Waals surface area contributed by atoms with E-state index in [1.807, 2.05) is 6.07 Å². The van der Waals surface area contributed by atoms with Crippen molar-refractivity contribution in [3.8, 4) is 6.07 Å². The highest BCUT2D eigenvalue weighted by Gasteiger charge is 2.12. The Hall–Kier alpha value is -2.03. The first-order valence-electron chi connectivity index (χ1n) is 6.07. The van der Waals surface area contributed by atoms with E-state index in [1.165, 1.54) is 6.07 Å². The second-order valence-electron chi connectivity index (χ2n) is 4.35. The predicted molar refractivity (Wildman–Crippen MR) is 83.0 cm³/mol. The number of nitrogens with one attached hydrogen (secondary N) is 1. The highest BCUT2D eigenvalue weighted by atomic mass is 35.5. The van der Waals surface area contributed by atoms with Gasteiger partial charge in [0.15, 0.2) is 5.78 Å². The number of nitrogens with zero attached hydrogens (tertiary/aromatic N) is 1. The van der Waals surface area contributed by atoms with E-state index in [1.54, 1.807) is 31.2 Å². The van der Waals surface area contributed by atoms with Crippen LogP contribution in [0.2, 0.25) is 5.02 Å². The number of H-pyrrole nitrogens is 1. The molecule has 0 bridgehead atoms. The van der Waals surface area contributed by atoms with Crippen LogP contribution in [-0.2, 0) is 0 Å². The average molecular weight is 319 g/mol. The summed E-state index contributed by atoms with van der Waals surface area (Å²) in [7, 11) is 0. The smallest absolute Gasteiger partial charge is 0.249 e. The number of thioether (sulfide) groups is 1. The summed E-state index contributed by atoms with van der Waals surface area (Å²) in [6.45, 7) is 1.69. The van der Waals surface area contributed by atoms with Crippen LogP contribution in [0.1, 0.15) is 21.5 Å². The Morgan fingerprint density at radius 1 is 1.38 bits per heavy atom. The third kappa shape index (κ3) is 3.75. The lowest BCUT2D eigenvalue weighted by molar-refractivity contribution is 0.102. The van der Waals surface area contributed by atoms with Crippen molar-refractivity contribution in [3.05, 3.63) is 62.4 Å². The predicted octanol–water partition coefficient (Wildman–Crippen LogP) is 3.18. The molecule has 0 saturated heterocycles. The van der Waals surface area contributed by atoms with Crippen LogP contribution in [0.3, 0.4) is 0 Å². The number of ketones is 1. The number of nitriles is 1. The van der Waals surface area contributed by atoms with Crippen LogP contribution < -0.4 is 5.56 Å². The zero-order valence-corrected chi connectivity index (χ0v) is 12.7. The molecular weight excluding hydrogens is 308 g/mol. The van der Waals surface area contributed by atoms with Crippen molar-refractivity contribution in [2.75, 3.05) is 5.75 Å². The summed E-state index contributed by atoms with van der Waals surface area (Å²) in [6, 6.07) is 10.00. The number of carbonyl (C=O) groups is 1. The van der Waals surface area contributed by atoms with Crippen LogP contribution in [0.25, 0.3) is 0 Å². The number of aryl methyl sites for hydroxylation is 1. The Morgan fingerprint density at radius 3 is 2.67 bits per heavy atom. The van der Waals surface area contributed by atoms with E-state index in [0.29, 0.717) is 26.7 Å². The summed E-state index contributed by atoms with van der Waals surface area (Å²) < 4.78 is 0. The number of aromatic nitrogens is 1. The molecule has 0 aliphatic rings. The first kappa shape index (κ1) is 15.4. The third-order valence-corrected chi connectivity index (χ3v) is 4.08. The molecule has 2 rings (SSSR count). The number of rotatable bonds is 4. The summed E-state index contributed by atoms with van der Waals surface area (Å²) in [5.74, 6) is 0.0401. The lowest BCUT2D eigenvalue weighted by atomic mass is 10.1. The zero-order chi connectivity index (χ0) is 15.4. The van der Waals surface area contributed by atoms with Crippen molar-refractivity contribution in [2.24, 2.45) is 0 Å². The van der Waals surface area contributed by atoms with Gasteiger partial charge in [0, 0.05) is 16.7 Å². The Kier molecular flexibility index (Phi) is 4.84. The number of pyridine rings is 1. The molecule has 0 radical (unpaired) electrons. The minimum Gasteiger partial charge on any atom is -0.316 e. The second-order valence-corrected chi connectivity index (χ2v) is 5.77. The van der Waals surface area contributed by atoms with Crippen LogP contribution >= 0.6 is 23.4 Å². The number of benzene rings is 1. The van der Waals surface area contributed by atoms with Crippen LogP contribution in [0.4, 0.5) is 0 Å². The van der Waals surface area contributed by atoms with Crippen molar-refractivity contribution in [1.82, 2.24) is 4.98 Å². The number of halogens is 1. The monoisotopic (exact) mass is 318 g/mol. The average Bonchev–Trinajstić information content (AvgIpc) is 2.45. The summed E-state index contributed by atoms with van der Waals surface area (Å²) >= 11 is 6.92. The Balaban J connectivity index is 2.17. The van der Waals surface area contributed by atoms with Crippen molar-refractivity contribution < 1.29 is 4.79 Å². The summed E-state index contributed by atoms with van der Waals surface area (Å²) in [4.78, 5) is 26.1. The summed E-state index contributed by atoms with van der Waals surface area (Å²) in [5, 5.41) is 10.1. The molecule has 6 heteroatoms. The molecule has 0 atom stereocenters. The van der Waals surface area contributed by atoms with E-state index >= 15 is 0 Å². The third-order valence-electron chi connectivity index (χ3n) is 2.83. The van der Waals surface area contributed by atoms with Crippen molar-refractivity contribution in [1.29, 1.82) is 5.26 Å². The molecule has 4 nitrogen and oxygen atoms in total. The van der Waals surface area contributed by atoms with Crippen LogP contribution in [0, 0.1) is 18.3 Å². The molecule has 1 aromatic heterocycles. The van der Waals surface area contributed by atoms with E-state index in [2.05, 4.69) is 4.98 Å². The minimum absolute atomic E-state index is 0.0945. The normalized spacial score (nSPS) is 10.1. The van der Waals surface area contributed by atoms with E-state index < -0.39 is 0 Å². The fraction of sp³-hybridized carbons (Fsp3) is 0.133. The molecule has 0 amide bonds. The van der Waals surface area contributed by atoms with E-state index in [0.717, 1.165) is 11.8 Å². The Morgan fingerprint density at radius 2 is 2.05 bits per heavy atom. The van der Waals surface area contributed by atoms with E-state index in [-0.39, 0.29) is 17.1 Å². The molecule has 1 heterocycles. The molecule has 1 aromatic carbocycles. The molecular formula is C15H11ClN2O2S. The summed E-state index contributed by atoms with van der Waals surface area (Å²) in [5.41, 5.74) is 1.25. The molecule has 21 heavy (non-hydrogen) atoms. The maximum Gasteiger partial charge on any atom is 0.249 e. The molecule has 0 fully saturated rings. The van der Waals surface area contributed by atoms with Gasteiger partial charge < -0.3 is 4.98 Å². The largest absolute Gasteiger partial charge is 0.316 e. The van der Waals surface area contributed by atoms with Crippen molar-refractivity contribution in [2.45, 2.75) is 11.9 Å². The van der Waals surface area contributed by atoms with Crippen LogP contribution in [-0.4, -0.2) is 16.5 Å². The molecule has 0 aliphatic carbocycles. The number of hydrogen-bond acceptors (Lipinski definition) is 4. The first-order valence-corrected chi connectivity index (χ1v) is 7.43. The van der Waals surface area contributed by atoms with Gasteiger partial charge in [-0.1, -0.05) is 23.4 Å². The SMILES string of the molecule is Cc1cc(=O)[nH]c(SCC(=O)c2ccc(Cl)cc2)c1C#N. The van der Waals surface area contributed by atoms with E-state index in [4.69, 9.17) is 16.9 Å². The van der Waals surface area contributed by atoms with Gasteiger partial charge in [-0.15, -0.1) is 0 Å².